The lowest BCUT2D eigenvalue weighted by molar-refractivity contribution is -0.146. The van der Waals surface area contributed by atoms with E-state index >= 15 is 0 Å². The quantitative estimate of drug-likeness (QED) is 0.906. The number of piperidine rings is 1. The average Bonchev–Trinajstić information content (AvgIpc) is 2.40. The zero-order chi connectivity index (χ0) is 13.9. The molecule has 2 rings (SSSR count). The van der Waals surface area contributed by atoms with Crippen molar-refractivity contribution in [1.29, 1.82) is 0 Å². The fraction of sp³-hybridized carbons (Fsp3) is 0.562. The van der Waals surface area contributed by atoms with Gasteiger partial charge < -0.3 is 10.0 Å². The second-order valence-electron chi connectivity index (χ2n) is 5.95. The molecule has 3 nitrogen and oxygen atoms in total. The first-order chi connectivity index (χ1) is 9.04. The minimum atomic E-state index is -0.686. The Morgan fingerprint density at radius 2 is 1.84 bits per heavy atom. The van der Waals surface area contributed by atoms with Crippen LogP contribution in [-0.2, 0) is 10.2 Å². The Labute approximate surface area is 115 Å². The fourth-order valence-corrected chi connectivity index (χ4v) is 3.02. The summed E-state index contributed by atoms with van der Waals surface area (Å²) >= 11 is 0. The third-order valence-electron chi connectivity index (χ3n) is 4.07. The second kappa shape index (κ2) is 5.74. The SMILES string of the molecule is CC(C)CN1CCC(C(=O)O)(c2ccccc2)CC1. The maximum absolute atomic E-state index is 11.8. The highest BCUT2D eigenvalue weighted by Gasteiger charge is 2.42. The maximum atomic E-state index is 11.8. The van der Waals surface area contributed by atoms with E-state index < -0.39 is 11.4 Å². The highest BCUT2D eigenvalue weighted by Crippen LogP contribution is 2.35. The topological polar surface area (TPSA) is 40.5 Å². The molecule has 0 spiro atoms. The van der Waals surface area contributed by atoms with Crippen molar-refractivity contribution >= 4 is 5.97 Å². The van der Waals surface area contributed by atoms with Gasteiger partial charge in [0.2, 0.25) is 0 Å². The third-order valence-corrected chi connectivity index (χ3v) is 4.07. The summed E-state index contributed by atoms with van der Waals surface area (Å²) in [5.74, 6) is -0.0445. The van der Waals surface area contributed by atoms with E-state index in [0.29, 0.717) is 18.8 Å². The first kappa shape index (κ1) is 14.1. The maximum Gasteiger partial charge on any atom is 0.314 e. The van der Waals surface area contributed by atoms with Crippen molar-refractivity contribution in [3.05, 3.63) is 35.9 Å². The second-order valence-corrected chi connectivity index (χ2v) is 5.95. The zero-order valence-corrected chi connectivity index (χ0v) is 11.8. The number of hydrogen-bond donors (Lipinski definition) is 1. The lowest BCUT2D eigenvalue weighted by atomic mass is 9.73. The molecular formula is C16H23NO2. The van der Waals surface area contributed by atoms with E-state index in [0.717, 1.165) is 25.2 Å². The Kier molecular flexibility index (Phi) is 4.25. The van der Waals surface area contributed by atoms with Gasteiger partial charge in [0.05, 0.1) is 5.41 Å². The zero-order valence-electron chi connectivity index (χ0n) is 11.8. The van der Waals surface area contributed by atoms with Gasteiger partial charge in [0.25, 0.3) is 0 Å². The van der Waals surface area contributed by atoms with Crippen LogP contribution in [0.15, 0.2) is 30.3 Å². The molecule has 1 fully saturated rings. The Bertz CT molecular complexity index is 420. The van der Waals surface area contributed by atoms with Crippen LogP contribution >= 0.6 is 0 Å². The smallest absolute Gasteiger partial charge is 0.314 e. The molecule has 0 aromatic heterocycles. The van der Waals surface area contributed by atoms with Gasteiger partial charge in [0.15, 0.2) is 0 Å². The molecule has 1 aliphatic rings. The van der Waals surface area contributed by atoms with Gasteiger partial charge in [-0.05, 0) is 37.4 Å². The number of hydrogen-bond acceptors (Lipinski definition) is 2. The molecule has 0 amide bonds. The summed E-state index contributed by atoms with van der Waals surface area (Å²) in [6.07, 6.45) is 1.41. The van der Waals surface area contributed by atoms with Crippen LogP contribution in [0.1, 0.15) is 32.3 Å². The van der Waals surface area contributed by atoms with Crippen LogP contribution in [0.2, 0.25) is 0 Å². The molecular weight excluding hydrogens is 238 g/mol. The molecule has 0 unspecified atom stereocenters. The van der Waals surface area contributed by atoms with Gasteiger partial charge in [0, 0.05) is 6.54 Å². The fourth-order valence-electron chi connectivity index (χ4n) is 3.02. The van der Waals surface area contributed by atoms with Crippen molar-refractivity contribution in [1.82, 2.24) is 4.90 Å². The standard InChI is InChI=1S/C16H23NO2/c1-13(2)12-17-10-8-16(9-11-17,15(18)19)14-6-4-3-5-7-14/h3-7,13H,8-12H2,1-2H3,(H,18,19). The molecule has 0 bridgehead atoms. The van der Waals surface area contributed by atoms with Gasteiger partial charge in [-0.3, -0.25) is 4.79 Å². The highest BCUT2D eigenvalue weighted by atomic mass is 16.4. The molecule has 1 aromatic rings. The number of aliphatic carboxylic acids is 1. The number of benzene rings is 1. The van der Waals surface area contributed by atoms with E-state index in [4.69, 9.17) is 0 Å². The van der Waals surface area contributed by atoms with Gasteiger partial charge in [0.1, 0.15) is 0 Å². The van der Waals surface area contributed by atoms with Crippen LogP contribution in [0.4, 0.5) is 0 Å². The largest absolute Gasteiger partial charge is 0.481 e. The summed E-state index contributed by atoms with van der Waals surface area (Å²) in [4.78, 5) is 14.2. The molecule has 0 radical (unpaired) electrons. The lowest BCUT2D eigenvalue weighted by Gasteiger charge is -2.39. The van der Waals surface area contributed by atoms with Crippen molar-refractivity contribution in [2.75, 3.05) is 19.6 Å². The van der Waals surface area contributed by atoms with Crippen LogP contribution in [0.5, 0.6) is 0 Å². The van der Waals surface area contributed by atoms with Crippen LogP contribution in [0, 0.1) is 5.92 Å². The van der Waals surface area contributed by atoms with Crippen molar-refractivity contribution in [3.8, 4) is 0 Å². The molecule has 19 heavy (non-hydrogen) atoms. The van der Waals surface area contributed by atoms with Crippen molar-refractivity contribution < 1.29 is 9.90 Å². The summed E-state index contributed by atoms with van der Waals surface area (Å²) in [6.45, 7) is 7.22. The Hall–Kier alpha value is -1.35. The van der Waals surface area contributed by atoms with Crippen molar-refractivity contribution in [2.24, 2.45) is 5.92 Å². The number of likely N-dealkylation sites (tertiary alicyclic amines) is 1. The normalized spacial score (nSPS) is 19.5. The van der Waals surface area contributed by atoms with E-state index in [9.17, 15) is 9.90 Å². The van der Waals surface area contributed by atoms with Crippen molar-refractivity contribution in [3.63, 3.8) is 0 Å². The van der Waals surface area contributed by atoms with Gasteiger partial charge in [-0.1, -0.05) is 44.2 Å². The molecule has 1 heterocycles. The predicted octanol–water partition coefficient (Wildman–Crippen LogP) is 2.76. The number of rotatable bonds is 4. The third kappa shape index (κ3) is 2.98. The predicted molar refractivity (Wildman–Crippen MR) is 76.3 cm³/mol. The van der Waals surface area contributed by atoms with Crippen LogP contribution < -0.4 is 0 Å². The number of carbonyl (C=O) groups is 1. The summed E-state index contributed by atoms with van der Waals surface area (Å²) in [6, 6.07) is 9.70. The van der Waals surface area contributed by atoms with Gasteiger partial charge in [-0.25, -0.2) is 0 Å². The molecule has 1 aromatic carbocycles. The van der Waals surface area contributed by atoms with Crippen LogP contribution in [0.25, 0.3) is 0 Å². The Morgan fingerprint density at radius 1 is 1.26 bits per heavy atom. The van der Waals surface area contributed by atoms with Gasteiger partial charge in [-0.15, -0.1) is 0 Å². The molecule has 1 saturated heterocycles. The summed E-state index contributed by atoms with van der Waals surface area (Å²) < 4.78 is 0. The van der Waals surface area contributed by atoms with E-state index in [-0.39, 0.29) is 0 Å². The monoisotopic (exact) mass is 261 g/mol. The van der Waals surface area contributed by atoms with Crippen LogP contribution in [0.3, 0.4) is 0 Å². The first-order valence-electron chi connectivity index (χ1n) is 7.06. The van der Waals surface area contributed by atoms with Crippen molar-refractivity contribution in [2.45, 2.75) is 32.1 Å². The van der Waals surface area contributed by atoms with E-state index in [1.54, 1.807) is 0 Å². The molecule has 1 aliphatic heterocycles. The highest BCUT2D eigenvalue weighted by molar-refractivity contribution is 5.81. The first-order valence-corrected chi connectivity index (χ1v) is 7.06. The van der Waals surface area contributed by atoms with Gasteiger partial charge >= 0.3 is 5.97 Å². The average molecular weight is 261 g/mol. The minimum absolute atomic E-state index is 0.633. The summed E-state index contributed by atoms with van der Waals surface area (Å²) in [5.41, 5.74) is 0.265. The minimum Gasteiger partial charge on any atom is -0.481 e. The van der Waals surface area contributed by atoms with Gasteiger partial charge in [-0.2, -0.15) is 0 Å². The Morgan fingerprint density at radius 3 is 2.32 bits per heavy atom. The summed E-state index contributed by atoms with van der Waals surface area (Å²) in [5, 5.41) is 9.69. The molecule has 1 N–H and O–H groups in total. The van der Waals surface area contributed by atoms with E-state index in [2.05, 4.69) is 18.7 Å². The molecule has 0 atom stereocenters. The number of nitrogens with zero attached hydrogens (tertiary/aromatic N) is 1. The Balaban J connectivity index is 2.15. The molecule has 3 heteroatoms. The van der Waals surface area contributed by atoms with Crippen LogP contribution in [-0.4, -0.2) is 35.6 Å². The van der Waals surface area contributed by atoms with E-state index in [1.165, 1.54) is 0 Å². The summed E-state index contributed by atoms with van der Waals surface area (Å²) in [7, 11) is 0. The molecule has 104 valence electrons. The number of carboxylic acids is 1. The van der Waals surface area contributed by atoms with E-state index in [1.807, 2.05) is 30.3 Å². The lowest BCUT2D eigenvalue weighted by Crippen LogP contribution is -2.48. The molecule has 0 saturated carbocycles. The number of carboxylic acid groups (broad SMARTS) is 1. The molecule has 0 aliphatic carbocycles.